The first-order chi connectivity index (χ1) is 19.2. The van der Waals surface area contributed by atoms with Crippen molar-refractivity contribution < 1.29 is 22.7 Å². The number of carbonyl (C=O) groups excluding carboxylic acids is 1. The molecule has 1 unspecified atom stereocenters. The predicted octanol–water partition coefficient (Wildman–Crippen LogP) is 4.09. The van der Waals surface area contributed by atoms with Gasteiger partial charge in [-0.15, -0.1) is 0 Å². The average molecular weight is 551 g/mol. The summed E-state index contributed by atoms with van der Waals surface area (Å²) >= 11 is 0. The number of benzene rings is 1. The minimum atomic E-state index is -4.49. The Labute approximate surface area is 227 Å². The van der Waals surface area contributed by atoms with E-state index in [4.69, 9.17) is 15.6 Å². The molecule has 1 aliphatic carbocycles. The lowest BCUT2D eigenvalue weighted by Crippen LogP contribution is -2.44. The normalized spacial score (nSPS) is 17.4. The number of hydrogen-bond donors (Lipinski definition) is 3. The van der Waals surface area contributed by atoms with Crippen LogP contribution in [0.2, 0.25) is 0 Å². The molecule has 1 saturated carbocycles. The first kappa shape index (κ1) is 26.9. The van der Waals surface area contributed by atoms with Gasteiger partial charge in [-0.25, -0.2) is 19.6 Å². The van der Waals surface area contributed by atoms with Crippen molar-refractivity contribution in [3.63, 3.8) is 0 Å². The summed E-state index contributed by atoms with van der Waals surface area (Å²) in [5.74, 6) is 5.06. The Morgan fingerprint density at radius 2 is 1.93 bits per heavy atom. The summed E-state index contributed by atoms with van der Waals surface area (Å²) in [6, 6.07) is 9.01. The molecular formula is C27H25F3N8O2. The van der Waals surface area contributed by atoms with E-state index in [0.29, 0.717) is 35.1 Å². The number of carbonyl (C=O) groups is 1. The van der Waals surface area contributed by atoms with Crippen LogP contribution in [-0.4, -0.2) is 43.8 Å². The van der Waals surface area contributed by atoms with Gasteiger partial charge in [0, 0.05) is 30.5 Å². The maximum absolute atomic E-state index is 13.1. The smallest absolute Gasteiger partial charge is 0.383 e. The van der Waals surface area contributed by atoms with Crippen molar-refractivity contribution in [1.82, 2.24) is 30.0 Å². The summed E-state index contributed by atoms with van der Waals surface area (Å²) in [5.41, 5.74) is 7.99. The number of alkyl halides is 3. The van der Waals surface area contributed by atoms with Crippen LogP contribution in [0.1, 0.15) is 43.2 Å². The summed E-state index contributed by atoms with van der Waals surface area (Å²) in [6.45, 7) is 1.61. The minimum Gasteiger partial charge on any atom is -0.383 e. The van der Waals surface area contributed by atoms with E-state index in [2.05, 4.69) is 37.4 Å². The highest BCUT2D eigenvalue weighted by Crippen LogP contribution is 2.38. The van der Waals surface area contributed by atoms with Crippen molar-refractivity contribution in [3.05, 3.63) is 60.0 Å². The number of nitrogen functional groups attached to an aromatic ring is 1. The zero-order valence-electron chi connectivity index (χ0n) is 21.5. The summed E-state index contributed by atoms with van der Waals surface area (Å²) in [6.07, 6.45) is -1.44. The number of fused-ring (bicyclic) bond motifs is 1. The third-order valence-electron chi connectivity index (χ3n) is 6.64. The number of nitrogens with one attached hydrogen (secondary N) is 2. The molecule has 13 heteroatoms. The van der Waals surface area contributed by atoms with Crippen LogP contribution in [0, 0.1) is 11.8 Å². The van der Waals surface area contributed by atoms with Gasteiger partial charge in [-0.3, -0.25) is 4.79 Å². The van der Waals surface area contributed by atoms with E-state index in [1.807, 2.05) is 16.8 Å². The Balaban J connectivity index is 1.38. The van der Waals surface area contributed by atoms with Crippen LogP contribution in [0.15, 0.2) is 48.9 Å². The standard InChI is InChI=1S/C27H25F3N8O2/c1-3-4-21(39)35-18-12-19(13-18)38-25-22(24(31)33-14-34-25)23(37-38)15-5-7-16(8-6-15)26(40-2)36-20-11-17(9-10-32-20)27(28,29)30/h5-11,14,18-19,26H,12-13H2,1-2H3,(H,32,36)(H,35,39)(H2,31,33,34). The van der Waals surface area contributed by atoms with Gasteiger partial charge in [-0.05, 0) is 37.8 Å². The second kappa shape index (κ2) is 10.8. The lowest BCUT2D eigenvalue weighted by molar-refractivity contribution is -0.137. The minimum absolute atomic E-state index is 0.00624. The van der Waals surface area contributed by atoms with E-state index < -0.39 is 18.0 Å². The van der Waals surface area contributed by atoms with E-state index in [1.54, 1.807) is 19.1 Å². The zero-order chi connectivity index (χ0) is 28.4. The Kier molecular flexibility index (Phi) is 7.27. The first-order valence-electron chi connectivity index (χ1n) is 12.3. The monoisotopic (exact) mass is 550 g/mol. The summed E-state index contributed by atoms with van der Waals surface area (Å²) in [5, 5.41) is 11.2. The Hall–Kier alpha value is -4.70. The number of hydrogen-bond acceptors (Lipinski definition) is 8. The molecule has 0 aliphatic heterocycles. The Bertz CT molecular complexity index is 1600. The molecule has 1 aromatic carbocycles. The van der Waals surface area contributed by atoms with Gasteiger partial charge in [-0.1, -0.05) is 30.2 Å². The molecule has 4 N–H and O–H groups in total. The van der Waals surface area contributed by atoms with Crippen molar-refractivity contribution in [2.75, 3.05) is 18.2 Å². The second-order valence-electron chi connectivity index (χ2n) is 9.23. The molecular weight excluding hydrogens is 525 g/mol. The third-order valence-corrected chi connectivity index (χ3v) is 6.64. The molecule has 0 saturated heterocycles. The number of ether oxygens (including phenoxy) is 1. The van der Waals surface area contributed by atoms with Gasteiger partial charge in [0.15, 0.2) is 11.9 Å². The fourth-order valence-electron chi connectivity index (χ4n) is 4.61. The number of amides is 1. The van der Waals surface area contributed by atoms with Gasteiger partial charge in [0.2, 0.25) is 0 Å². The number of methoxy groups -OCH3 is 1. The largest absolute Gasteiger partial charge is 0.416 e. The van der Waals surface area contributed by atoms with Crippen molar-refractivity contribution in [2.24, 2.45) is 0 Å². The molecule has 4 aromatic rings. The number of aromatic nitrogens is 5. The van der Waals surface area contributed by atoms with Crippen LogP contribution in [0.3, 0.4) is 0 Å². The van der Waals surface area contributed by atoms with Gasteiger partial charge in [0.1, 0.15) is 23.7 Å². The van der Waals surface area contributed by atoms with Gasteiger partial charge in [-0.2, -0.15) is 18.3 Å². The lowest BCUT2D eigenvalue weighted by atomic mass is 9.87. The fraction of sp³-hybridized carbons (Fsp3) is 0.296. The number of anilines is 2. The molecule has 1 aliphatic rings. The van der Waals surface area contributed by atoms with Crippen molar-refractivity contribution >= 4 is 28.6 Å². The van der Waals surface area contributed by atoms with Crippen LogP contribution in [0.5, 0.6) is 0 Å². The van der Waals surface area contributed by atoms with Gasteiger partial charge < -0.3 is 21.1 Å². The molecule has 10 nitrogen and oxygen atoms in total. The molecule has 3 aromatic heterocycles. The summed E-state index contributed by atoms with van der Waals surface area (Å²) < 4.78 is 46.6. The maximum atomic E-state index is 13.1. The van der Waals surface area contributed by atoms with Gasteiger partial charge in [0.05, 0.1) is 17.0 Å². The van der Waals surface area contributed by atoms with E-state index in [-0.39, 0.29) is 29.6 Å². The van der Waals surface area contributed by atoms with Crippen LogP contribution >= 0.6 is 0 Å². The van der Waals surface area contributed by atoms with Crippen LogP contribution < -0.4 is 16.4 Å². The highest BCUT2D eigenvalue weighted by atomic mass is 19.4. The van der Waals surface area contributed by atoms with Crippen molar-refractivity contribution in [2.45, 2.75) is 44.3 Å². The molecule has 206 valence electrons. The molecule has 0 bridgehead atoms. The van der Waals surface area contributed by atoms with Gasteiger partial charge in [0.25, 0.3) is 5.91 Å². The zero-order valence-corrected chi connectivity index (χ0v) is 21.5. The van der Waals surface area contributed by atoms with Crippen molar-refractivity contribution in [3.8, 4) is 23.1 Å². The van der Waals surface area contributed by atoms with Gasteiger partial charge >= 0.3 is 6.18 Å². The molecule has 3 heterocycles. The van der Waals surface area contributed by atoms with E-state index in [1.165, 1.54) is 13.4 Å². The Morgan fingerprint density at radius 1 is 1.18 bits per heavy atom. The summed E-state index contributed by atoms with van der Waals surface area (Å²) in [7, 11) is 1.44. The van der Waals surface area contributed by atoms with Crippen LogP contribution in [-0.2, 0) is 15.7 Å². The molecule has 1 atom stereocenters. The number of pyridine rings is 1. The summed E-state index contributed by atoms with van der Waals surface area (Å²) in [4.78, 5) is 24.3. The molecule has 1 fully saturated rings. The fourth-order valence-corrected chi connectivity index (χ4v) is 4.61. The maximum Gasteiger partial charge on any atom is 0.416 e. The van der Waals surface area contributed by atoms with E-state index in [9.17, 15) is 18.0 Å². The first-order valence-corrected chi connectivity index (χ1v) is 12.3. The topological polar surface area (TPSA) is 133 Å². The highest BCUT2D eigenvalue weighted by molar-refractivity contribution is 5.98. The third kappa shape index (κ3) is 5.39. The highest BCUT2D eigenvalue weighted by Gasteiger charge is 2.34. The lowest BCUT2D eigenvalue weighted by Gasteiger charge is -2.35. The number of rotatable bonds is 7. The quantitative estimate of drug-likeness (QED) is 0.232. The predicted molar refractivity (Wildman–Crippen MR) is 141 cm³/mol. The number of nitrogens with two attached hydrogens (primary N) is 1. The number of nitrogens with zero attached hydrogens (tertiary/aromatic N) is 5. The molecule has 1 amide bonds. The Morgan fingerprint density at radius 3 is 2.60 bits per heavy atom. The van der Waals surface area contributed by atoms with Crippen LogP contribution in [0.25, 0.3) is 22.3 Å². The molecule has 5 rings (SSSR count). The molecule has 0 radical (unpaired) electrons. The van der Waals surface area contributed by atoms with Crippen LogP contribution in [0.4, 0.5) is 24.8 Å². The number of halogens is 3. The second-order valence-corrected chi connectivity index (χ2v) is 9.23. The average Bonchev–Trinajstić information content (AvgIpc) is 3.29. The van der Waals surface area contributed by atoms with E-state index in [0.717, 1.165) is 23.9 Å². The van der Waals surface area contributed by atoms with E-state index >= 15 is 0 Å². The molecule has 0 spiro atoms. The molecule has 40 heavy (non-hydrogen) atoms. The SMILES string of the molecule is CC#CC(=O)NC1CC(n2nc(-c3ccc(C(Nc4cc(C(F)(F)F)ccn4)OC)cc3)c3c(N)ncnc32)C1. The van der Waals surface area contributed by atoms with Crippen molar-refractivity contribution in [1.29, 1.82) is 0 Å².